The molecule has 0 bridgehead atoms. The zero-order valence-electron chi connectivity index (χ0n) is 34.8. The van der Waals surface area contributed by atoms with E-state index >= 15 is 14.4 Å². The Labute approximate surface area is 362 Å². The summed E-state index contributed by atoms with van der Waals surface area (Å²) < 4.78 is 12.4. The molecule has 5 aromatic carbocycles. The van der Waals surface area contributed by atoms with Crippen molar-refractivity contribution in [2.45, 2.75) is 74.7 Å². The quantitative estimate of drug-likeness (QED) is 0.143. The third kappa shape index (κ3) is 7.12. The average molecular weight is 833 g/mol. The standard InChI is InChI=1S/C51H52N4O7/c1-34(35-18-8-5-9-19-35)52-50(60)54-41-25-15-14-24-40(41)51(49(54)59)42(47(57)53-30-16-3-2-4-17-31-53)44-48(58)62-45(37-22-12-7-13-23-37)43(36-20-10-6-11-21-36)55(44)46(51)38-26-28-39(29-27-38)61-33-32-56/h5-15,18-29,34,42-46,56H,2-4,16-17,30-33H2,1H3,(H,52,60). The van der Waals surface area contributed by atoms with Gasteiger partial charge in [-0.3, -0.25) is 19.3 Å². The Kier molecular flexibility index (Phi) is 11.7. The van der Waals surface area contributed by atoms with E-state index in [9.17, 15) is 9.90 Å². The third-order valence-corrected chi connectivity index (χ3v) is 13.2. The molecule has 4 aliphatic heterocycles. The van der Waals surface area contributed by atoms with Crippen molar-refractivity contribution in [2.75, 3.05) is 31.2 Å². The molecule has 1 spiro atoms. The van der Waals surface area contributed by atoms with Gasteiger partial charge >= 0.3 is 12.0 Å². The second-order valence-electron chi connectivity index (χ2n) is 16.7. The molecule has 0 aliphatic carbocycles. The molecule has 62 heavy (non-hydrogen) atoms. The predicted molar refractivity (Wildman–Crippen MR) is 234 cm³/mol. The molecule has 7 atom stereocenters. The first kappa shape index (κ1) is 41.1. The summed E-state index contributed by atoms with van der Waals surface area (Å²) in [6.45, 7) is 2.76. The number of fused-ring (bicyclic) bond motifs is 3. The molecule has 3 fully saturated rings. The number of morpholine rings is 1. The van der Waals surface area contributed by atoms with Crippen LogP contribution >= 0.6 is 0 Å². The zero-order chi connectivity index (χ0) is 42.8. The van der Waals surface area contributed by atoms with Gasteiger partial charge < -0.3 is 24.8 Å². The summed E-state index contributed by atoms with van der Waals surface area (Å²) in [4.78, 5) is 67.6. The van der Waals surface area contributed by atoms with Crippen LogP contribution in [0.1, 0.15) is 91.1 Å². The van der Waals surface area contributed by atoms with Crippen molar-refractivity contribution in [3.63, 3.8) is 0 Å². The van der Waals surface area contributed by atoms with Crippen LogP contribution in [-0.2, 0) is 24.5 Å². The van der Waals surface area contributed by atoms with E-state index in [4.69, 9.17) is 9.47 Å². The number of cyclic esters (lactones) is 1. The first-order valence-corrected chi connectivity index (χ1v) is 21.8. The zero-order valence-corrected chi connectivity index (χ0v) is 34.8. The SMILES string of the molecule is CC(NC(=O)N1C(=O)C2(c3ccccc31)C(C(=O)N1CCCCCCC1)C1C(=O)OC(c3ccccc3)C(c3ccccc3)N1C2c1ccc(OCCO)cc1)c1ccccc1. The largest absolute Gasteiger partial charge is 0.491 e. The fourth-order valence-electron chi connectivity index (χ4n) is 10.5. The number of imide groups is 1. The molecule has 0 radical (unpaired) electrons. The van der Waals surface area contributed by atoms with E-state index in [2.05, 4.69) is 10.2 Å². The number of aliphatic hydroxyl groups excluding tert-OH is 1. The summed E-state index contributed by atoms with van der Waals surface area (Å²) in [6.07, 6.45) is 3.78. The highest BCUT2D eigenvalue weighted by atomic mass is 16.6. The number of aliphatic hydroxyl groups is 1. The van der Waals surface area contributed by atoms with E-state index in [1.807, 2.05) is 127 Å². The number of carbonyl (C=O) groups excluding carboxylic acids is 4. The lowest BCUT2D eigenvalue weighted by atomic mass is 9.65. The molecule has 4 amide bonds. The van der Waals surface area contributed by atoms with Gasteiger partial charge in [0.15, 0.2) is 0 Å². The lowest BCUT2D eigenvalue weighted by molar-refractivity contribution is -0.179. The molecule has 11 nitrogen and oxygen atoms in total. The van der Waals surface area contributed by atoms with Crippen molar-refractivity contribution in [1.29, 1.82) is 0 Å². The van der Waals surface area contributed by atoms with E-state index < -0.39 is 59.5 Å². The number of rotatable bonds is 9. The van der Waals surface area contributed by atoms with Gasteiger partial charge in [0.25, 0.3) is 0 Å². The van der Waals surface area contributed by atoms with Crippen LogP contribution in [0.2, 0.25) is 0 Å². The van der Waals surface area contributed by atoms with Gasteiger partial charge in [0.05, 0.1) is 36.3 Å². The lowest BCUT2D eigenvalue weighted by Gasteiger charge is -2.46. The highest BCUT2D eigenvalue weighted by Gasteiger charge is 2.76. The van der Waals surface area contributed by atoms with E-state index in [-0.39, 0.29) is 19.1 Å². The molecule has 9 rings (SSSR count). The minimum Gasteiger partial charge on any atom is -0.491 e. The maximum Gasteiger partial charge on any atom is 0.329 e. The lowest BCUT2D eigenvalue weighted by Crippen LogP contribution is -2.57. The molecule has 3 saturated heterocycles. The molecule has 7 unspecified atom stereocenters. The number of likely N-dealkylation sites (tertiary alicyclic amines) is 1. The number of para-hydroxylation sites is 1. The van der Waals surface area contributed by atoms with E-state index in [0.29, 0.717) is 35.7 Å². The number of esters is 1. The van der Waals surface area contributed by atoms with Crippen LogP contribution in [-0.4, -0.2) is 71.1 Å². The predicted octanol–water partition coefficient (Wildman–Crippen LogP) is 7.99. The Hall–Kier alpha value is -6.30. The second kappa shape index (κ2) is 17.6. The minimum atomic E-state index is -1.79. The Morgan fingerprint density at radius 2 is 1.34 bits per heavy atom. The highest BCUT2D eigenvalue weighted by molar-refractivity contribution is 6.24. The van der Waals surface area contributed by atoms with Gasteiger partial charge in [-0.15, -0.1) is 0 Å². The Morgan fingerprint density at radius 1 is 0.742 bits per heavy atom. The van der Waals surface area contributed by atoms with Gasteiger partial charge in [-0.25, -0.2) is 9.69 Å². The maximum absolute atomic E-state index is 16.4. The smallest absolute Gasteiger partial charge is 0.329 e. The molecule has 11 heteroatoms. The molecule has 0 aromatic heterocycles. The van der Waals surface area contributed by atoms with Crippen LogP contribution in [0.25, 0.3) is 0 Å². The van der Waals surface area contributed by atoms with E-state index in [1.54, 1.807) is 24.3 Å². The number of amides is 4. The number of benzene rings is 5. The molecule has 0 saturated carbocycles. The average Bonchev–Trinajstić information content (AvgIpc) is 3.75. The summed E-state index contributed by atoms with van der Waals surface area (Å²) in [5.74, 6) is -2.28. The molecule has 318 valence electrons. The normalized spacial score (nSPS) is 25.3. The Bertz CT molecular complexity index is 2390. The van der Waals surface area contributed by atoms with Gasteiger partial charge in [0, 0.05) is 13.1 Å². The molecule has 5 aromatic rings. The first-order chi connectivity index (χ1) is 30.3. The van der Waals surface area contributed by atoms with Crippen molar-refractivity contribution in [2.24, 2.45) is 5.92 Å². The number of urea groups is 1. The number of anilines is 1. The Morgan fingerprint density at radius 3 is 2.00 bits per heavy atom. The summed E-state index contributed by atoms with van der Waals surface area (Å²) in [7, 11) is 0. The molecule has 2 N–H and O–H groups in total. The maximum atomic E-state index is 16.4. The Balaban J connectivity index is 1.30. The first-order valence-electron chi connectivity index (χ1n) is 21.8. The van der Waals surface area contributed by atoms with Crippen molar-refractivity contribution >= 4 is 29.5 Å². The summed E-state index contributed by atoms with van der Waals surface area (Å²) in [6, 6.07) is 39.5. The van der Waals surface area contributed by atoms with Gasteiger partial charge in [0.2, 0.25) is 11.8 Å². The molecule has 4 aliphatic rings. The van der Waals surface area contributed by atoms with Gasteiger partial charge in [-0.05, 0) is 65.8 Å². The molecule has 4 heterocycles. The highest BCUT2D eigenvalue weighted by Crippen LogP contribution is 2.66. The fourth-order valence-corrected chi connectivity index (χ4v) is 10.5. The van der Waals surface area contributed by atoms with Crippen LogP contribution in [0.4, 0.5) is 10.5 Å². The van der Waals surface area contributed by atoms with Gasteiger partial charge in [0.1, 0.15) is 29.9 Å². The summed E-state index contributed by atoms with van der Waals surface area (Å²) >= 11 is 0. The summed E-state index contributed by atoms with van der Waals surface area (Å²) in [5.41, 5.74) is 2.18. The minimum absolute atomic E-state index is 0.0886. The third-order valence-electron chi connectivity index (χ3n) is 13.2. The van der Waals surface area contributed by atoms with Gasteiger partial charge in [-0.2, -0.15) is 0 Å². The van der Waals surface area contributed by atoms with Crippen molar-refractivity contribution < 1.29 is 33.8 Å². The van der Waals surface area contributed by atoms with Crippen LogP contribution in [0.15, 0.2) is 140 Å². The number of carbonyl (C=O) groups is 4. The second-order valence-corrected chi connectivity index (χ2v) is 16.7. The van der Waals surface area contributed by atoms with Crippen molar-refractivity contribution in [3.05, 3.63) is 167 Å². The number of hydrogen-bond donors (Lipinski definition) is 2. The van der Waals surface area contributed by atoms with Crippen molar-refractivity contribution in [1.82, 2.24) is 15.1 Å². The topological polar surface area (TPSA) is 129 Å². The van der Waals surface area contributed by atoms with Crippen LogP contribution in [0.5, 0.6) is 5.75 Å². The van der Waals surface area contributed by atoms with Crippen LogP contribution in [0.3, 0.4) is 0 Å². The van der Waals surface area contributed by atoms with E-state index in [1.165, 1.54) is 4.90 Å². The number of nitrogens with one attached hydrogen (secondary N) is 1. The summed E-state index contributed by atoms with van der Waals surface area (Å²) in [5, 5.41) is 12.6. The molecular weight excluding hydrogens is 781 g/mol. The molecular formula is C51H52N4O7. The fraction of sp³-hybridized carbons (Fsp3) is 0.333. The monoisotopic (exact) mass is 832 g/mol. The van der Waals surface area contributed by atoms with Crippen molar-refractivity contribution in [3.8, 4) is 5.75 Å². The number of ether oxygens (including phenoxy) is 2. The van der Waals surface area contributed by atoms with Gasteiger partial charge in [-0.1, -0.05) is 141 Å². The number of nitrogens with zero attached hydrogens (tertiary/aromatic N) is 3. The van der Waals surface area contributed by atoms with Crippen LogP contribution < -0.4 is 15.0 Å². The number of hydrogen-bond acceptors (Lipinski definition) is 8. The van der Waals surface area contributed by atoms with Crippen LogP contribution in [0, 0.1) is 5.92 Å². The van der Waals surface area contributed by atoms with E-state index in [0.717, 1.165) is 48.8 Å².